The van der Waals surface area contributed by atoms with Crippen LogP contribution in [0.2, 0.25) is 0 Å². The van der Waals surface area contributed by atoms with E-state index < -0.39 is 11.6 Å². The molecule has 1 saturated carbocycles. The first-order valence-corrected chi connectivity index (χ1v) is 11.6. The molecule has 0 radical (unpaired) electrons. The normalized spacial score (nSPS) is 17.9. The van der Waals surface area contributed by atoms with Crippen LogP contribution in [0.5, 0.6) is 5.75 Å². The molecule has 4 nitrogen and oxygen atoms in total. The molecule has 0 saturated heterocycles. The van der Waals surface area contributed by atoms with E-state index in [1.807, 2.05) is 13.2 Å². The van der Waals surface area contributed by atoms with Gasteiger partial charge in [-0.1, -0.05) is 49.1 Å². The van der Waals surface area contributed by atoms with E-state index in [9.17, 15) is 8.78 Å². The Morgan fingerprint density at radius 2 is 1.94 bits per heavy atom. The molecular weight excluding hydrogens is 418 g/mol. The van der Waals surface area contributed by atoms with Crippen molar-refractivity contribution in [2.24, 2.45) is 11.1 Å². The minimum absolute atomic E-state index is 0.0192. The fourth-order valence-corrected chi connectivity index (χ4v) is 3.93. The smallest absolute Gasteiger partial charge is 0.197 e. The third-order valence-electron chi connectivity index (χ3n) is 5.49. The van der Waals surface area contributed by atoms with E-state index in [-0.39, 0.29) is 12.4 Å². The minimum atomic E-state index is -0.536. The average Bonchev–Trinajstić information content (AvgIpc) is 3.38. The zero-order valence-electron chi connectivity index (χ0n) is 18.0. The van der Waals surface area contributed by atoms with Crippen LogP contribution in [-0.2, 0) is 6.61 Å². The second-order valence-electron chi connectivity index (χ2n) is 7.82. The number of halogens is 2. The highest BCUT2D eigenvalue weighted by molar-refractivity contribution is 7.96. The Morgan fingerprint density at radius 3 is 2.65 bits per heavy atom. The third kappa shape index (κ3) is 5.66. The van der Waals surface area contributed by atoms with Gasteiger partial charge in [0.05, 0.1) is 0 Å². The molecule has 1 aliphatic carbocycles. The number of oxazole rings is 1. The second-order valence-corrected chi connectivity index (χ2v) is 8.29. The Hall–Kier alpha value is -2.38. The highest BCUT2D eigenvalue weighted by Gasteiger charge is 2.29. The molecule has 4 rings (SSSR count). The second kappa shape index (κ2) is 10.8. The van der Waals surface area contributed by atoms with Crippen molar-refractivity contribution in [2.75, 3.05) is 6.26 Å². The zero-order valence-corrected chi connectivity index (χ0v) is 18.8. The maximum absolute atomic E-state index is 14.5. The number of ether oxygens (including phenoxy) is 1. The maximum atomic E-state index is 14.5. The first kappa shape index (κ1) is 23.3. The summed E-state index contributed by atoms with van der Waals surface area (Å²) in [5.74, 6) is 0.674. The molecule has 1 heterocycles. The minimum Gasteiger partial charge on any atom is -0.483 e. The molecule has 7 heteroatoms. The summed E-state index contributed by atoms with van der Waals surface area (Å²) in [7, 11) is 0. The van der Waals surface area contributed by atoms with E-state index in [1.165, 1.54) is 36.9 Å². The Bertz CT molecular complexity index is 1010. The highest BCUT2D eigenvalue weighted by atomic mass is 32.2. The zero-order chi connectivity index (χ0) is 22.4. The van der Waals surface area contributed by atoms with Crippen LogP contribution in [0.1, 0.15) is 49.3 Å². The standard InChI is InChI=1S/C23H23F2NO2.CH5NS/c1-14-9-10-20(24)19(11-14)18-7-4-8-21(25)22(18)27-12-16-13-28-23(26-16)17-6-3-5-15(17)2;1-3-2/h4,7-11,13,15,17H,3,5-6,12H2,1-2H3;2H2,1H3. The summed E-state index contributed by atoms with van der Waals surface area (Å²) >= 11 is 1.25. The fraction of sp³-hybridized carbons (Fsp3) is 0.375. The number of hydrogen-bond acceptors (Lipinski definition) is 5. The first-order chi connectivity index (χ1) is 14.9. The molecule has 1 fully saturated rings. The summed E-state index contributed by atoms with van der Waals surface area (Å²) in [4.78, 5) is 4.53. The molecule has 2 atom stereocenters. The van der Waals surface area contributed by atoms with Crippen molar-refractivity contribution in [1.82, 2.24) is 4.98 Å². The van der Waals surface area contributed by atoms with Crippen LogP contribution < -0.4 is 9.88 Å². The molecule has 0 aliphatic heterocycles. The number of aryl methyl sites for hydroxylation is 1. The van der Waals surface area contributed by atoms with Gasteiger partial charge in [-0.25, -0.2) is 13.8 Å². The van der Waals surface area contributed by atoms with Gasteiger partial charge in [0.2, 0.25) is 0 Å². The third-order valence-corrected chi connectivity index (χ3v) is 5.49. The van der Waals surface area contributed by atoms with Crippen molar-refractivity contribution in [2.45, 2.75) is 45.6 Å². The molecule has 2 N–H and O–H groups in total. The van der Waals surface area contributed by atoms with Crippen molar-refractivity contribution >= 4 is 11.9 Å². The van der Waals surface area contributed by atoms with Gasteiger partial charge in [0.15, 0.2) is 17.5 Å². The molecule has 31 heavy (non-hydrogen) atoms. The SMILES string of the molecule is CSN.Cc1ccc(F)c(-c2cccc(F)c2OCc2coc(C3CCCC3C)n2)c1. The average molecular weight is 447 g/mol. The lowest BCUT2D eigenvalue weighted by atomic mass is 9.98. The monoisotopic (exact) mass is 446 g/mol. The molecular formula is C24H28F2N2O2S. The Balaban J connectivity index is 0.000000858. The molecule has 0 spiro atoms. The molecule has 0 bridgehead atoms. The van der Waals surface area contributed by atoms with Crippen molar-refractivity contribution < 1.29 is 17.9 Å². The largest absolute Gasteiger partial charge is 0.483 e. The van der Waals surface area contributed by atoms with E-state index in [4.69, 9.17) is 14.3 Å². The number of rotatable bonds is 5. The molecule has 2 aromatic carbocycles. The van der Waals surface area contributed by atoms with E-state index in [2.05, 4.69) is 11.9 Å². The van der Waals surface area contributed by atoms with Crippen LogP contribution in [0.3, 0.4) is 0 Å². The molecule has 0 amide bonds. The van der Waals surface area contributed by atoms with Gasteiger partial charge in [0.25, 0.3) is 0 Å². The van der Waals surface area contributed by atoms with Crippen LogP contribution in [-0.4, -0.2) is 11.2 Å². The Labute approximate surface area is 186 Å². The van der Waals surface area contributed by atoms with Gasteiger partial charge < -0.3 is 9.15 Å². The van der Waals surface area contributed by atoms with E-state index in [0.717, 1.165) is 17.9 Å². The number of nitrogens with two attached hydrogens (primary N) is 1. The van der Waals surface area contributed by atoms with E-state index in [1.54, 1.807) is 30.5 Å². The predicted molar refractivity (Wildman–Crippen MR) is 121 cm³/mol. The van der Waals surface area contributed by atoms with Crippen LogP contribution >= 0.6 is 11.9 Å². The Morgan fingerprint density at radius 1 is 1.16 bits per heavy atom. The summed E-state index contributed by atoms with van der Waals surface area (Å²) in [6.45, 7) is 4.13. The van der Waals surface area contributed by atoms with E-state index >= 15 is 0 Å². The number of para-hydroxylation sites is 1. The number of benzene rings is 2. The summed E-state index contributed by atoms with van der Waals surface area (Å²) in [6, 6.07) is 9.26. The topological polar surface area (TPSA) is 61.3 Å². The molecule has 3 aromatic rings. The van der Waals surface area contributed by atoms with Crippen molar-refractivity contribution in [3.05, 3.63) is 71.4 Å². The number of aromatic nitrogens is 1. The van der Waals surface area contributed by atoms with Crippen molar-refractivity contribution in [3.8, 4) is 16.9 Å². The Kier molecular flexibility index (Phi) is 8.09. The van der Waals surface area contributed by atoms with Gasteiger partial charge in [-0.05, 0) is 50.1 Å². The van der Waals surface area contributed by atoms with Gasteiger partial charge in [-0.2, -0.15) is 0 Å². The molecule has 2 unspecified atom stereocenters. The van der Waals surface area contributed by atoms with Gasteiger partial charge in [-0.3, -0.25) is 5.14 Å². The lowest BCUT2D eigenvalue weighted by Gasteiger charge is -2.13. The highest BCUT2D eigenvalue weighted by Crippen LogP contribution is 2.39. The predicted octanol–water partition coefficient (Wildman–Crippen LogP) is 6.63. The van der Waals surface area contributed by atoms with Crippen LogP contribution in [0.4, 0.5) is 8.78 Å². The first-order valence-electron chi connectivity index (χ1n) is 10.3. The lowest BCUT2D eigenvalue weighted by molar-refractivity contribution is 0.287. The molecule has 1 aromatic heterocycles. The summed E-state index contributed by atoms with van der Waals surface area (Å²) < 4.78 is 40.2. The van der Waals surface area contributed by atoms with Gasteiger partial charge in [0.1, 0.15) is 24.4 Å². The van der Waals surface area contributed by atoms with Crippen molar-refractivity contribution in [3.63, 3.8) is 0 Å². The van der Waals surface area contributed by atoms with Crippen LogP contribution in [0.25, 0.3) is 11.1 Å². The van der Waals surface area contributed by atoms with E-state index in [0.29, 0.717) is 28.7 Å². The van der Waals surface area contributed by atoms with Gasteiger partial charge in [0, 0.05) is 17.0 Å². The number of nitrogens with zero attached hydrogens (tertiary/aromatic N) is 1. The van der Waals surface area contributed by atoms with Crippen LogP contribution in [0.15, 0.2) is 47.1 Å². The van der Waals surface area contributed by atoms with Crippen molar-refractivity contribution in [1.29, 1.82) is 0 Å². The summed E-state index contributed by atoms with van der Waals surface area (Å²) in [5.41, 5.74) is 2.19. The molecule has 1 aliphatic rings. The quantitative estimate of drug-likeness (QED) is 0.446. The summed E-state index contributed by atoms with van der Waals surface area (Å²) in [5, 5.41) is 4.76. The lowest BCUT2D eigenvalue weighted by Crippen LogP contribution is -2.04. The number of hydrogen-bond donors (Lipinski definition) is 1. The fourth-order valence-electron chi connectivity index (χ4n) is 3.93. The summed E-state index contributed by atoms with van der Waals surface area (Å²) in [6.07, 6.45) is 6.82. The van der Waals surface area contributed by atoms with Crippen LogP contribution in [0, 0.1) is 24.5 Å². The molecule has 166 valence electrons. The van der Waals surface area contributed by atoms with Gasteiger partial charge >= 0.3 is 0 Å². The maximum Gasteiger partial charge on any atom is 0.197 e. The van der Waals surface area contributed by atoms with Gasteiger partial charge in [-0.15, -0.1) is 0 Å².